The van der Waals surface area contributed by atoms with Crippen LogP contribution in [0.4, 0.5) is 17.6 Å². The molecule has 0 saturated carbocycles. The third-order valence-electron chi connectivity index (χ3n) is 5.23. The van der Waals surface area contributed by atoms with E-state index in [2.05, 4.69) is 9.97 Å². The van der Waals surface area contributed by atoms with Crippen LogP contribution in [0.2, 0.25) is 0 Å². The van der Waals surface area contributed by atoms with Gasteiger partial charge in [0.1, 0.15) is 17.3 Å². The largest absolute Gasteiger partial charge is 0.347 e. The van der Waals surface area contributed by atoms with E-state index >= 15 is 4.39 Å². The first kappa shape index (κ1) is 19.9. The zero-order valence-corrected chi connectivity index (χ0v) is 16.6. The van der Waals surface area contributed by atoms with Crippen LogP contribution in [0.25, 0.3) is 33.9 Å². The van der Waals surface area contributed by atoms with Crippen molar-refractivity contribution < 1.29 is 17.6 Å². The van der Waals surface area contributed by atoms with Crippen molar-refractivity contribution in [3.8, 4) is 33.9 Å². The number of fused-ring (bicyclic) bond motifs is 1. The third-order valence-corrected chi connectivity index (χ3v) is 5.23. The van der Waals surface area contributed by atoms with E-state index in [1.807, 2.05) is 6.07 Å². The summed E-state index contributed by atoms with van der Waals surface area (Å²) in [5.41, 5.74) is 1.66. The highest BCUT2D eigenvalue weighted by atomic mass is 19.2. The number of hydrogen-bond donors (Lipinski definition) is 0. The summed E-state index contributed by atoms with van der Waals surface area (Å²) in [6, 6.07) is 17.0. The van der Waals surface area contributed by atoms with Gasteiger partial charge in [0.2, 0.25) is 0 Å². The van der Waals surface area contributed by atoms with Crippen molar-refractivity contribution >= 4 is 0 Å². The Morgan fingerprint density at radius 1 is 0.656 bits per heavy atom. The molecule has 0 N–H and O–H groups in total. The third kappa shape index (κ3) is 3.51. The van der Waals surface area contributed by atoms with E-state index < -0.39 is 23.3 Å². The van der Waals surface area contributed by atoms with Crippen molar-refractivity contribution in [3.63, 3.8) is 0 Å². The standard InChI is InChI=1S/C25H15F4N3/c26-19-10-9-16(15-5-2-1-3-6-15)23(28)18(19)13-32-12-11-21-22(14-32)31-25(30-21)17-7-4-8-20(27)24(17)29/h1-12,14H,13H2. The zero-order chi connectivity index (χ0) is 22.2. The molecule has 32 heavy (non-hydrogen) atoms. The van der Waals surface area contributed by atoms with Crippen molar-refractivity contribution in [2.45, 2.75) is 6.54 Å². The molecule has 3 aromatic carbocycles. The molecule has 5 rings (SSSR count). The molecule has 7 heteroatoms. The van der Waals surface area contributed by atoms with Gasteiger partial charge in [-0.3, -0.25) is 0 Å². The van der Waals surface area contributed by atoms with Crippen LogP contribution in [0.3, 0.4) is 0 Å². The van der Waals surface area contributed by atoms with E-state index in [0.717, 1.165) is 6.07 Å². The Bertz CT molecular complexity index is 1400. The average molecular weight is 433 g/mol. The summed E-state index contributed by atoms with van der Waals surface area (Å²) in [6.07, 6.45) is 3.17. The molecular weight excluding hydrogens is 418 g/mol. The highest BCUT2D eigenvalue weighted by molar-refractivity contribution is 5.67. The summed E-state index contributed by atoms with van der Waals surface area (Å²) < 4.78 is 58.9. The topological polar surface area (TPSA) is 30.7 Å². The molecule has 0 radical (unpaired) electrons. The summed E-state index contributed by atoms with van der Waals surface area (Å²) in [7, 11) is 0. The lowest BCUT2D eigenvalue weighted by molar-refractivity contribution is 0.510. The van der Waals surface area contributed by atoms with E-state index in [9.17, 15) is 13.2 Å². The van der Waals surface area contributed by atoms with Gasteiger partial charge in [-0.25, -0.2) is 27.5 Å². The monoisotopic (exact) mass is 433 g/mol. The van der Waals surface area contributed by atoms with Crippen LogP contribution in [-0.4, -0.2) is 14.5 Å². The van der Waals surface area contributed by atoms with Gasteiger partial charge in [0.05, 0.1) is 17.8 Å². The molecule has 0 spiro atoms. The summed E-state index contributed by atoms with van der Waals surface area (Å²) in [5.74, 6) is -3.28. The van der Waals surface area contributed by atoms with Gasteiger partial charge < -0.3 is 4.57 Å². The fourth-order valence-corrected chi connectivity index (χ4v) is 3.61. The fourth-order valence-electron chi connectivity index (χ4n) is 3.61. The molecule has 2 aliphatic rings. The second-order valence-electron chi connectivity index (χ2n) is 7.29. The Hall–Kier alpha value is -4.00. The number of pyridine rings is 1. The van der Waals surface area contributed by atoms with Crippen LogP contribution in [0, 0.1) is 23.3 Å². The molecule has 0 unspecified atom stereocenters. The maximum Gasteiger partial charge on any atom is 0.169 e. The highest BCUT2D eigenvalue weighted by Gasteiger charge is 2.19. The van der Waals surface area contributed by atoms with Gasteiger partial charge in [0, 0.05) is 23.5 Å². The van der Waals surface area contributed by atoms with Crippen LogP contribution >= 0.6 is 0 Å². The summed E-state index contributed by atoms with van der Waals surface area (Å²) >= 11 is 0. The Kier molecular flexibility index (Phi) is 4.93. The van der Waals surface area contributed by atoms with Crippen molar-refractivity contribution in [2.24, 2.45) is 0 Å². The predicted octanol–water partition coefficient (Wildman–Crippen LogP) is 6.32. The van der Waals surface area contributed by atoms with Crippen LogP contribution in [0.5, 0.6) is 0 Å². The molecule has 0 fully saturated rings. The first-order chi connectivity index (χ1) is 15.5. The Morgan fingerprint density at radius 3 is 2.25 bits per heavy atom. The minimum atomic E-state index is -1.03. The number of imidazole rings is 1. The molecule has 0 amide bonds. The number of nitrogens with zero attached hydrogens (tertiary/aromatic N) is 3. The number of halogens is 4. The Morgan fingerprint density at radius 2 is 1.44 bits per heavy atom. The summed E-state index contributed by atoms with van der Waals surface area (Å²) in [4.78, 5) is 8.51. The second kappa shape index (κ2) is 7.92. The van der Waals surface area contributed by atoms with Gasteiger partial charge in [-0.05, 0) is 35.9 Å². The van der Waals surface area contributed by atoms with E-state index in [1.54, 1.807) is 47.3 Å². The number of aromatic nitrogens is 3. The van der Waals surface area contributed by atoms with Crippen molar-refractivity contribution in [3.05, 3.63) is 108 Å². The number of benzene rings is 3. The maximum absolute atomic E-state index is 15.2. The molecule has 0 atom stereocenters. The maximum atomic E-state index is 15.2. The van der Waals surface area contributed by atoms with Gasteiger partial charge in [-0.15, -0.1) is 0 Å². The van der Waals surface area contributed by atoms with Crippen molar-refractivity contribution in [2.75, 3.05) is 0 Å². The molecule has 3 aromatic rings. The van der Waals surface area contributed by atoms with Crippen LogP contribution < -0.4 is 0 Å². The molecule has 0 bridgehead atoms. The smallest absolute Gasteiger partial charge is 0.169 e. The van der Waals surface area contributed by atoms with Gasteiger partial charge in [-0.2, -0.15) is 0 Å². The first-order valence-electron chi connectivity index (χ1n) is 9.81. The zero-order valence-electron chi connectivity index (χ0n) is 16.6. The van der Waals surface area contributed by atoms with Crippen LogP contribution in [0.15, 0.2) is 79.1 Å². The minimum Gasteiger partial charge on any atom is -0.347 e. The molecule has 0 aliphatic carbocycles. The predicted molar refractivity (Wildman–Crippen MR) is 113 cm³/mol. The lowest BCUT2D eigenvalue weighted by atomic mass is 10.0. The molecule has 2 heterocycles. The lowest BCUT2D eigenvalue weighted by Gasteiger charge is -2.13. The Balaban J connectivity index is 1.52. The lowest BCUT2D eigenvalue weighted by Crippen LogP contribution is -2.06. The summed E-state index contributed by atoms with van der Waals surface area (Å²) in [6.45, 7) is -0.0786. The fraction of sp³-hybridized carbons (Fsp3) is 0.0400. The molecule has 2 aliphatic heterocycles. The Labute approximate surface area is 181 Å². The van der Waals surface area contributed by atoms with Gasteiger partial charge >= 0.3 is 0 Å². The molecule has 3 nitrogen and oxygen atoms in total. The van der Waals surface area contributed by atoms with Crippen LogP contribution in [0.1, 0.15) is 5.56 Å². The van der Waals surface area contributed by atoms with E-state index in [1.165, 1.54) is 24.3 Å². The SMILES string of the molecule is Fc1cccc(-c2nc3ccn(Cc4c(F)ccc(-c5ccccc5)c4F)cc-3n2)c1F. The second-order valence-corrected chi connectivity index (χ2v) is 7.29. The van der Waals surface area contributed by atoms with Crippen molar-refractivity contribution in [1.82, 2.24) is 14.5 Å². The van der Waals surface area contributed by atoms with Gasteiger partial charge in [0.25, 0.3) is 0 Å². The van der Waals surface area contributed by atoms with Crippen molar-refractivity contribution in [1.29, 1.82) is 0 Å². The van der Waals surface area contributed by atoms with Gasteiger partial charge in [-0.1, -0.05) is 36.4 Å². The quantitative estimate of drug-likeness (QED) is 0.311. The van der Waals surface area contributed by atoms with E-state index in [4.69, 9.17) is 0 Å². The van der Waals surface area contributed by atoms with Crippen LogP contribution in [-0.2, 0) is 6.54 Å². The number of rotatable bonds is 4. The van der Waals surface area contributed by atoms with Gasteiger partial charge in [0.15, 0.2) is 17.5 Å². The normalized spacial score (nSPS) is 11.2. The molecular formula is C25H15F4N3. The highest BCUT2D eigenvalue weighted by Crippen LogP contribution is 2.29. The molecule has 0 aromatic heterocycles. The first-order valence-corrected chi connectivity index (χ1v) is 9.81. The van der Waals surface area contributed by atoms with E-state index in [0.29, 0.717) is 22.5 Å². The average Bonchev–Trinajstić information content (AvgIpc) is 3.22. The van der Waals surface area contributed by atoms with E-state index in [-0.39, 0.29) is 23.5 Å². The minimum absolute atomic E-state index is 0.0400. The molecule has 158 valence electrons. The summed E-state index contributed by atoms with van der Waals surface area (Å²) in [5, 5.41) is 0. The molecule has 0 saturated heterocycles. The number of hydrogen-bond acceptors (Lipinski definition) is 2.